The summed E-state index contributed by atoms with van der Waals surface area (Å²) in [6.07, 6.45) is 1.01. The van der Waals surface area contributed by atoms with Crippen molar-refractivity contribution in [3.63, 3.8) is 0 Å². The first-order chi connectivity index (χ1) is 10.0. The molecular weight excluding hydrogens is 329 g/mol. The molecule has 1 nitrogen and oxygen atoms in total. The first-order valence-corrected chi connectivity index (χ1v) is 8.08. The molecule has 21 heavy (non-hydrogen) atoms. The third kappa shape index (κ3) is 3.72. The Labute approximate surface area is 134 Å². The highest BCUT2D eigenvalue weighted by Gasteiger charge is 2.20. The van der Waals surface area contributed by atoms with Gasteiger partial charge >= 0.3 is 0 Å². The van der Waals surface area contributed by atoms with E-state index >= 15 is 0 Å². The maximum atomic E-state index is 14.5. The van der Waals surface area contributed by atoms with Crippen molar-refractivity contribution >= 4 is 15.9 Å². The number of hydrogen-bond acceptors (Lipinski definition) is 1. The average molecular weight is 350 g/mol. The molecule has 1 unspecified atom stereocenters. The second kappa shape index (κ2) is 7.19. The first kappa shape index (κ1) is 16.2. The van der Waals surface area contributed by atoms with Gasteiger partial charge in [0.2, 0.25) is 0 Å². The molecule has 0 heterocycles. The summed E-state index contributed by atoms with van der Waals surface area (Å²) in [6, 6.07) is 11.7. The molecule has 0 spiro atoms. The molecule has 0 radical (unpaired) electrons. The van der Waals surface area contributed by atoms with Gasteiger partial charge in [-0.05, 0) is 59.9 Å². The van der Waals surface area contributed by atoms with Crippen molar-refractivity contribution in [2.75, 3.05) is 6.54 Å². The fraction of sp³-hybridized carbons (Fsp3) is 0.333. The summed E-state index contributed by atoms with van der Waals surface area (Å²) in [6.45, 7) is 7.11. The van der Waals surface area contributed by atoms with Crippen LogP contribution in [0.4, 0.5) is 4.39 Å². The third-order valence-corrected chi connectivity index (χ3v) is 4.25. The zero-order chi connectivity index (χ0) is 15.4. The lowest BCUT2D eigenvalue weighted by atomic mass is 9.93. The second-order valence-corrected chi connectivity index (χ2v) is 6.24. The monoisotopic (exact) mass is 349 g/mol. The van der Waals surface area contributed by atoms with E-state index in [1.165, 1.54) is 11.1 Å². The smallest absolute Gasteiger partial charge is 0.142 e. The van der Waals surface area contributed by atoms with Gasteiger partial charge < -0.3 is 5.32 Å². The average Bonchev–Trinajstić information content (AvgIpc) is 2.47. The molecule has 112 valence electrons. The molecule has 0 aromatic heterocycles. The van der Waals surface area contributed by atoms with Gasteiger partial charge in [0.1, 0.15) is 5.82 Å². The summed E-state index contributed by atoms with van der Waals surface area (Å²) >= 11 is 3.29. The second-order valence-electron chi connectivity index (χ2n) is 5.39. The van der Waals surface area contributed by atoms with Crippen LogP contribution >= 0.6 is 15.9 Å². The van der Waals surface area contributed by atoms with E-state index in [1.54, 1.807) is 6.07 Å². The molecule has 0 amide bonds. The van der Waals surface area contributed by atoms with Crippen molar-refractivity contribution in [2.45, 2.75) is 33.2 Å². The van der Waals surface area contributed by atoms with E-state index in [0.29, 0.717) is 10.0 Å². The Balaban J connectivity index is 2.52. The zero-order valence-corrected chi connectivity index (χ0v) is 14.3. The van der Waals surface area contributed by atoms with Crippen LogP contribution in [0.3, 0.4) is 0 Å². The van der Waals surface area contributed by atoms with Gasteiger partial charge in [0.25, 0.3) is 0 Å². The van der Waals surface area contributed by atoms with Crippen LogP contribution in [0.15, 0.2) is 40.9 Å². The Morgan fingerprint density at radius 2 is 1.90 bits per heavy atom. The number of hydrogen-bond donors (Lipinski definition) is 1. The minimum Gasteiger partial charge on any atom is -0.306 e. The fourth-order valence-corrected chi connectivity index (χ4v) is 2.87. The van der Waals surface area contributed by atoms with Crippen LogP contribution in [0.1, 0.15) is 41.6 Å². The molecule has 0 aliphatic rings. The molecular formula is C18H21BrFN. The molecule has 0 aliphatic carbocycles. The Morgan fingerprint density at radius 3 is 2.62 bits per heavy atom. The van der Waals surface area contributed by atoms with Crippen molar-refractivity contribution in [3.05, 3.63) is 68.9 Å². The van der Waals surface area contributed by atoms with Crippen LogP contribution < -0.4 is 5.32 Å². The van der Waals surface area contributed by atoms with E-state index in [9.17, 15) is 4.39 Å². The summed E-state index contributed by atoms with van der Waals surface area (Å²) in [5.74, 6) is -0.188. The van der Waals surface area contributed by atoms with Crippen LogP contribution in [-0.4, -0.2) is 6.54 Å². The van der Waals surface area contributed by atoms with Crippen molar-refractivity contribution in [3.8, 4) is 0 Å². The molecule has 1 N–H and O–H groups in total. The van der Waals surface area contributed by atoms with E-state index < -0.39 is 0 Å². The Bertz CT molecular complexity index is 623. The molecule has 0 fully saturated rings. The largest absolute Gasteiger partial charge is 0.306 e. The lowest BCUT2D eigenvalue weighted by Crippen LogP contribution is -2.25. The molecule has 0 bridgehead atoms. The molecule has 3 heteroatoms. The van der Waals surface area contributed by atoms with Crippen LogP contribution in [0.5, 0.6) is 0 Å². The highest BCUT2D eigenvalue weighted by molar-refractivity contribution is 9.10. The highest BCUT2D eigenvalue weighted by Crippen LogP contribution is 2.30. The maximum absolute atomic E-state index is 14.5. The van der Waals surface area contributed by atoms with Gasteiger partial charge in [-0.1, -0.05) is 42.8 Å². The molecule has 2 rings (SSSR count). The van der Waals surface area contributed by atoms with Crippen molar-refractivity contribution in [2.24, 2.45) is 0 Å². The summed E-state index contributed by atoms with van der Waals surface area (Å²) in [7, 11) is 0. The quantitative estimate of drug-likeness (QED) is 0.772. The van der Waals surface area contributed by atoms with Gasteiger partial charge in [-0.2, -0.15) is 0 Å². The predicted molar refractivity (Wildman–Crippen MR) is 90.2 cm³/mol. The van der Waals surface area contributed by atoms with Crippen LogP contribution in [0, 0.1) is 19.7 Å². The lowest BCUT2D eigenvalue weighted by molar-refractivity contribution is 0.542. The topological polar surface area (TPSA) is 12.0 Å². The van der Waals surface area contributed by atoms with E-state index in [1.807, 2.05) is 12.1 Å². The number of aryl methyl sites for hydroxylation is 2. The third-order valence-electron chi connectivity index (χ3n) is 3.64. The van der Waals surface area contributed by atoms with E-state index in [0.717, 1.165) is 18.5 Å². The molecule has 0 saturated carbocycles. The SMILES string of the molecule is CCCNC(c1cc(C)ccc1C)c1cccc(Br)c1F. The molecule has 2 aromatic carbocycles. The number of rotatable bonds is 5. The summed E-state index contributed by atoms with van der Waals surface area (Å²) in [5.41, 5.74) is 4.19. The van der Waals surface area contributed by atoms with Gasteiger partial charge in [0.15, 0.2) is 0 Å². The maximum Gasteiger partial charge on any atom is 0.142 e. The molecule has 0 saturated heterocycles. The Morgan fingerprint density at radius 1 is 1.14 bits per heavy atom. The summed E-state index contributed by atoms with van der Waals surface area (Å²) in [5, 5.41) is 3.48. The van der Waals surface area contributed by atoms with E-state index in [-0.39, 0.29) is 11.9 Å². The lowest BCUT2D eigenvalue weighted by Gasteiger charge is -2.23. The van der Waals surface area contributed by atoms with Crippen LogP contribution in [0.2, 0.25) is 0 Å². The van der Waals surface area contributed by atoms with Crippen LogP contribution in [0.25, 0.3) is 0 Å². The molecule has 2 aromatic rings. The van der Waals surface area contributed by atoms with Crippen molar-refractivity contribution in [1.82, 2.24) is 5.32 Å². The van der Waals surface area contributed by atoms with Gasteiger partial charge in [-0.15, -0.1) is 0 Å². The highest BCUT2D eigenvalue weighted by atomic mass is 79.9. The summed E-state index contributed by atoms with van der Waals surface area (Å²) < 4.78 is 15.0. The normalized spacial score (nSPS) is 12.4. The van der Waals surface area contributed by atoms with E-state index in [2.05, 4.69) is 60.2 Å². The number of nitrogens with one attached hydrogen (secondary N) is 1. The van der Waals surface area contributed by atoms with Gasteiger partial charge in [0.05, 0.1) is 10.5 Å². The first-order valence-electron chi connectivity index (χ1n) is 7.29. The molecule has 1 atom stereocenters. The van der Waals surface area contributed by atoms with Crippen molar-refractivity contribution in [1.29, 1.82) is 0 Å². The minimum absolute atomic E-state index is 0.123. The standard InChI is InChI=1S/C18H21BrFN/c1-4-10-21-18(14-6-5-7-16(19)17(14)20)15-11-12(2)8-9-13(15)3/h5-9,11,18,21H,4,10H2,1-3H3. The zero-order valence-electron chi connectivity index (χ0n) is 12.7. The van der Waals surface area contributed by atoms with Gasteiger partial charge in [-0.25, -0.2) is 4.39 Å². The van der Waals surface area contributed by atoms with Gasteiger partial charge in [-0.3, -0.25) is 0 Å². The van der Waals surface area contributed by atoms with E-state index in [4.69, 9.17) is 0 Å². The Kier molecular flexibility index (Phi) is 5.54. The molecule has 0 aliphatic heterocycles. The van der Waals surface area contributed by atoms with Crippen LogP contribution in [-0.2, 0) is 0 Å². The number of benzene rings is 2. The fourth-order valence-electron chi connectivity index (χ4n) is 2.49. The Hall–Kier alpha value is -1.19. The minimum atomic E-state index is -0.188. The number of halogens is 2. The summed E-state index contributed by atoms with van der Waals surface area (Å²) in [4.78, 5) is 0. The van der Waals surface area contributed by atoms with Crippen molar-refractivity contribution < 1.29 is 4.39 Å². The van der Waals surface area contributed by atoms with Gasteiger partial charge in [0, 0.05) is 5.56 Å². The predicted octanol–water partition coefficient (Wildman–Crippen LogP) is 5.29.